The van der Waals surface area contributed by atoms with Crippen molar-refractivity contribution >= 4 is 39.5 Å². The molecule has 16 heteroatoms. The van der Waals surface area contributed by atoms with Crippen molar-refractivity contribution in [3.63, 3.8) is 0 Å². The fourth-order valence-electron chi connectivity index (χ4n) is 5.51. The van der Waals surface area contributed by atoms with Crippen molar-refractivity contribution in [2.45, 2.75) is 74.9 Å². The van der Waals surface area contributed by atoms with Gasteiger partial charge in [0.15, 0.2) is 0 Å². The van der Waals surface area contributed by atoms with E-state index in [0.29, 0.717) is 17.9 Å². The fraction of sp³-hybridized carbons (Fsp3) is 0.471. The first-order valence-electron chi connectivity index (χ1n) is 16.3. The van der Waals surface area contributed by atoms with Crippen LogP contribution in [-0.2, 0) is 39.1 Å². The van der Waals surface area contributed by atoms with Crippen LogP contribution in [0.4, 0.5) is 4.79 Å². The number of nitrogens with one attached hydrogen (secondary N) is 2. The number of carbonyl (C=O) groups excluding carboxylic acids is 2. The normalized spacial score (nSPS) is 16.0. The Labute approximate surface area is 296 Å². The van der Waals surface area contributed by atoms with E-state index >= 15 is 0 Å². The Bertz CT molecular complexity index is 1670. The number of rotatable bonds is 18. The minimum Gasteiger partial charge on any atom is -0.411 e. The highest BCUT2D eigenvalue weighted by Crippen LogP contribution is 2.30. The van der Waals surface area contributed by atoms with Crippen molar-refractivity contribution in [3.8, 4) is 0 Å². The largest absolute Gasteiger partial charge is 0.411 e. The number of nitrogens with zero attached hydrogens (tertiary/aromatic N) is 4. The van der Waals surface area contributed by atoms with E-state index in [9.17, 15) is 28.2 Å². The summed E-state index contributed by atoms with van der Waals surface area (Å²) in [5, 5.41) is 42.0. The zero-order valence-electron chi connectivity index (χ0n) is 28.4. The molecule has 1 fully saturated rings. The van der Waals surface area contributed by atoms with Crippen LogP contribution >= 0.6 is 11.3 Å². The van der Waals surface area contributed by atoms with Crippen molar-refractivity contribution in [1.29, 1.82) is 0 Å². The predicted molar refractivity (Wildman–Crippen MR) is 188 cm³/mol. The highest BCUT2D eigenvalue weighted by molar-refractivity contribution is 7.89. The summed E-state index contributed by atoms with van der Waals surface area (Å²) >= 11 is 1.40. The number of ether oxygens (including phenoxy) is 1. The summed E-state index contributed by atoms with van der Waals surface area (Å²) in [4.78, 5) is 32.6. The minimum atomic E-state index is -4.08. The number of hydrogen-bond acceptors (Lipinski definition) is 11. The summed E-state index contributed by atoms with van der Waals surface area (Å²) in [7, 11) is -0.976. The molecule has 3 amide bonds. The fourth-order valence-corrected chi connectivity index (χ4v) is 7.80. The highest BCUT2D eigenvalue weighted by atomic mass is 32.2. The average Bonchev–Trinajstić information content (AvgIpc) is 3.51. The van der Waals surface area contributed by atoms with Crippen LogP contribution in [0.15, 0.2) is 70.0 Å². The van der Waals surface area contributed by atoms with Crippen molar-refractivity contribution in [2.24, 2.45) is 11.1 Å². The molecule has 272 valence electrons. The molecule has 1 aromatic heterocycles. The van der Waals surface area contributed by atoms with E-state index in [4.69, 9.17) is 9.94 Å². The summed E-state index contributed by atoms with van der Waals surface area (Å²) in [5.41, 5.74) is 1.92. The lowest BCUT2D eigenvalue weighted by Crippen LogP contribution is -2.59. The molecule has 2 aromatic carbocycles. The number of carbonyl (C=O) groups is 2. The van der Waals surface area contributed by atoms with Gasteiger partial charge in [0, 0.05) is 32.6 Å². The third-order valence-electron chi connectivity index (χ3n) is 8.55. The second-order valence-electron chi connectivity index (χ2n) is 12.5. The maximum Gasteiger partial charge on any atom is 0.318 e. The molecule has 4 atom stereocenters. The first kappa shape index (κ1) is 38.9. The molecule has 0 aliphatic heterocycles. The maximum absolute atomic E-state index is 13.9. The number of urea groups is 1. The van der Waals surface area contributed by atoms with Crippen LogP contribution in [0.5, 0.6) is 0 Å². The second kappa shape index (κ2) is 18.3. The van der Waals surface area contributed by atoms with Crippen molar-refractivity contribution < 1.29 is 38.2 Å². The monoisotopic (exact) mass is 730 g/mol. The SMILES string of the molecule is COCc1nc(CN(C)C(=O)N[C@H](C(=O)N[C@@H](Cc2ccccc2)[C@H](O)CN(CC2CCC2)S(=O)(=O)c2ccc(/C=N/O)cc2)[C@H](C)O)cs1. The van der Waals surface area contributed by atoms with Gasteiger partial charge in [-0.2, -0.15) is 4.31 Å². The van der Waals surface area contributed by atoms with Gasteiger partial charge >= 0.3 is 6.03 Å². The van der Waals surface area contributed by atoms with Crippen LogP contribution in [0.1, 0.15) is 48.0 Å². The molecule has 4 rings (SSSR count). The lowest BCUT2D eigenvalue weighted by Gasteiger charge is -2.35. The number of sulfonamides is 1. The van der Waals surface area contributed by atoms with Gasteiger partial charge in [0.1, 0.15) is 11.0 Å². The molecule has 1 aliphatic rings. The van der Waals surface area contributed by atoms with Gasteiger partial charge in [0.2, 0.25) is 15.9 Å². The van der Waals surface area contributed by atoms with E-state index in [1.807, 2.05) is 35.7 Å². The summed E-state index contributed by atoms with van der Waals surface area (Å²) < 4.78 is 34.2. The summed E-state index contributed by atoms with van der Waals surface area (Å²) in [6.07, 6.45) is 1.37. The van der Waals surface area contributed by atoms with Gasteiger partial charge in [-0.15, -0.1) is 11.3 Å². The van der Waals surface area contributed by atoms with Crippen molar-refractivity contribution in [3.05, 3.63) is 81.8 Å². The Kier molecular flexibility index (Phi) is 14.3. The molecule has 14 nitrogen and oxygen atoms in total. The first-order valence-corrected chi connectivity index (χ1v) is 18.6. The van der Waals surface area contributed by atoms with E-state index in [2.05, 4.69) is 20.8 Å². The highest BCUT2D eigenvalue weighted by Gasteiger charge is 2.35. The van der Waals surface area contributed by atoms with E-state index in [1.165, 1.54) is 65.0 Å². The number of aromatic nitrogens is 1. The van der Waals surface area contributed by atoms with E-state index in [-0.39, 0.29) is 36.9 Å². The molecule has 5 N–H and O–H groups in total. The maximum atomic E-state index is 13.9. The number of amides is 3. The molecule has 50 heavy (non-hydrogen) atoms. The van der Waals surface area contributed by atoms with E-state index < -0.39 is 46.3 Å². The van der Waals surface area contributed by atoms with Gasteiger partial charge in [-0.1, -0.05) is 54.0 Å². The smallest absolute Gasteiger partial charge is 0.318 e. The van der Waals surface area contributed by atoms with Gasteiger partial charge in [-0.3, -0.25) is 4.79 Å². The van der Waals surface area contributed by atoms with Crippen molar-refractivity contribution in [1.82, 2.24) is 24.8 Å². The second-order valence-corrected chi connectivity index (χ2v) is 15.4. The molecule has 0 unspecified atom stereocenters. The number of methoxy groups -OCH3 is 1. The molecule has 0 radical (unpaired) electrons. The van der Waals surface area contributed by atoms with Gasteiger partial charge in [-0.25, -0.2) is 18.2 Å². The van der Waals surface area contributed by atoms with Crippen LogP contribution in [0.2, 0.25) is 0 Å². The third-order valence-corrected chi connectivity index (χ3v) is 11.3. The molecule has 3 aromatic rings. The van der Waals surface area contributed by atoms with Gasteiger partial charge < -0.3 is 35.7 Å². The van der Waals surface area contributed by atoms with Gasteiger partial charge in [0.05, 0.1) is 48.2 Å². The Morgan fingerprint density at radius 2 is 1.82 bits per heavy atom. The molecule has 0 spiro atoms. The molecular formula is C34H46N6O8S2. The van der Waals surface area contributed by atoms with Crippen molar-refractivity contribution in [2.75, 3.05) is 27.2 Å². The first-order chi connectivity index (χ1) is 23.9. The Morgan fingerprint density at radius 3 is 2.42 bits per heavy atom. The topological polar surface area (TPSA) is 194 Å². The molecule has 0 bridgehead atoms. The van der Waals surface area contributed by atoms with Crippen LogP contribution in [0.25, 0.3) is 0 Å². The minimum absolute atomic E-state index is 0.0105. The summed E-state index contributed by atoms with van der Waals surface area (Å²) in [6, 6.07) is 12.0. The van der Waals surface area contributed by atoms with Crippen LogP contribution < -0.4 is 10.6 Å². The molecular weight excluding hydrogens is 685 g/mol. The zero-order valence-corrected chi connectivity index (χ0v) is 30.0. The Balaban J connectivity index is 1.52. The van der Waals surface area contributed by atoms with Gasteiger partial charge in [-0.05, 0) is 55.4 Å². The van der Waals surface area contributed by atoms with E-state index in [0.717, 1.165) is 29.8 Å². The number of hydrogen-bond donors (Lipinski definition) is 5. The number of benzene rings is 2. The number of aliphatic hydroxyl groups excluding tert-OH is 2. The molecule has 1 aliphatic carbocycles. The number of oxime groups is 1. The lowest BCUT2D eigenvalue weighted by molar-refractivity contribution is -0.127. The van der Waals surface area contributed by atoms with E-state index in [1.54, 1.807) is 7.11 Å². The number of aliphatic hydroxyl groups is 2. The predicted octanol–water partition coefficient (Wildman–Crippen LogP) is 2.57. The third kappa shape index (κ3) is 10.8. The molecule has 1 heterocycles. The van der Waals surface area contributed by atoms with Crippen LogP contribution in [-0.4, -0.2) is 108 Å². The molecule has 1 saturated carbocycles. The standard InChI is InChI=1S/C34H46N6O8S2/c1-23(41)32(38-34(44)39(2)19-27-22-49-31(36-27)21-48-3)33(43)37-29(16-24-8-5-4-6-9-24)30(42)20-40(18-26-10-7-11-26)50(46,47)28-14-12-25(13-15-28)17-35-45/h4-6,8-9,12-15,17,22-23,26,29-30,32,41-42,45H,7,10-11,16,18-21H2,1-3H3,(H,37,43)(H,38,44)/b35-17+/t23-,29-,30+,32-/m0/s1. The molecule has 0 saturated heterocycles. The van der Waals surface area contributed by atoms with Crippen LogP contribution in [0, 0.1) is 5.92 Å². The van der Waals surface area contributed by atoms with Gasteiger partial charge in [0.25, 0.3) is 0 Å². The Hall–Kier alpha value is -3.93. The average molecular weight is 731 g/mol. The summed E-state index contributed by atoms with van der Waals surface area (Å²) in [5.74, 6) is -0.616. The lowest BCUT2D eigenvalue weighted by atomic mass is 9.85. The Morgan fingerprint density at radius 1 is 1.12 bits per heavy atom. The number of thiazole rings is 1. The summed E-state index contributed by atoms with van der Waals surface area (Å²) in [6.45, 7) is 1.74. The van der Waals surface area contributed by atoms with Crippen LogP contribution in [0.3, 0.4) is 0 Å². The quantitative estimate of drug-likeness (QED) is 0.0743. The zero-order chi connectivity index (χ0) is 36.3.